The largest absolute Gasteiger partial charge is 0.497 e. The van der Waals surface area contributed by atoms with Crippen molar-refractivity contribution >= 4 is 73.1 Å². The monoisotopic (exact) mass is 1550 g/mol. The predicted molar refractivity (Wildman–Crippen MR) is 453 cm³/mol. The van der Waals surface area contributed by atoms with Gasteiger partial charge in [-0.3, -0.25) is 43.6 Å². The van der Waals surface area contributed by atoms with E-state index in [0.29, 0.717) is 18.0 Å². The van der Waals surface area contributed by atoms with Gasteiger partial charge in [0.15, 0.2) is 0 Å². The minimum atomic E-state index is -0.0382. The summed E-state index contributed by atoms with van der Waals surface area (Å²) in [4.78, 5) is 57.7. The van der Waals surface area contributed by atoms with E-state index in [1.54, 1.807) is 74.4 Å². The average Bonchev–Trinajstić information content (AvgIpc) is 1.42. The van der Waals surface area contributed by atoms with E-state index in [9.17, 15) is 9.90 Å². The fourth-order valence-electron chi connectivity index (χ4n) is 15.3. The highest BCUT2D eigenvalue weighted by atomic mass is 16.5. The van der Waals surface area contributed by atoms with Gasteiger partial charge in [0, 0.05) is 210 Å². The van der Waals surface area contributed by atoms with Crippen LogP contribution in [-0.4, -0.2) is 216 Å². The Hall–Kier alpha value is -11.3. The first-order valence-corrected chi connectivity index (χ1v) is 38.9. The van der Waals surface area contributed by atoms with Crippen molar-refractivity contribution in [1.82, 2.24) is 78.8 Å². The predicted octanol–water partition coefficient (Wildman–Crippen LogP) is 14.6. The van der Waals surface area contributed by atoms with Crippen molar-refractivity contribution in [3.63, 3.8) is 0 Å². The number of aryl methyl sites for hydroxylation is 3. The van der Waals surface area contributed by atoms with Crippen molar-refractivity contribution in [2.75, 3.05) is 129 Å². The smallest absolute Gasteiger partial charge is 0.225 e. The van der Waals surface area contributed by atoms with Crippen LogP contribution in [0.15, 0.2) is 165 Å². The van der Waals surface area contributed by atoms with Crippen LogP contribution in [0.4, 0.5) is 34.1 Å². The lowest BCUT2D eigenvalue weighted by molar-refractivity contribution is -0.134. The molecule has 16 rings (SSSR count). The summed E-state index contributed by atoms with van der Waals surface area (Å²) in [5.74, 6) is 4.33. The number of fused-ring (bicyclic) bond motifs is 3. The van der Waals surface area contributed by atoms with Crippen molar-refractivity contribution < 1.29 is 33.6 Å². The third-order valence-corrected chi connectivity index (χ3v) is 21.7. The van der Waals surface area contributed by atoms with Crippen molar-refractivity contribution in [3.8, 4) is 62.5 Å². The quantitative estimate of drug-likeness (QED) is 0.0503. The lowest BCUT2D eigenvalue weighted by Crippen LogP contribution is -2.50. The van der Waals surface area contributed by atoms with Gasteiger partial charge in [0.1, 0.15) is 28.7 Å². The van der Waals surface area contributed by atoms with Gasteiger partial charge in [-0.1, -0.05) is 14.9 Å². The van der Waals surface area contributed by atoms with E-state index in [-0.39, 0.29) is 27.4 Å². The van der Waals surface area contributed by atoms with Gasteiger partial charge in [-0.25, -0.2) is 15.0 Å². The van der Waals surface area contributed by atoms with Gasteiger partial charge in [-0.2, -0.15) is 15.3 Å². The summed E-state index contributed by atoms with van der Waals surface area (Å²) in [6.07, 6.45) is 26.0. The van der Waals surface area contributed by atoms with Crippen LogP contribution in [0.5, 0.6) is 28.7 Å². The highest BCUT2D eigenvalue weighted by molar-refractivity contribution is 5.86. The van der Waals surface area contributed by atoms with E-state index >= 15 is 0 Å². The number of aliphatic hydroxyl groups is 1. The molecule has 4 aliphatic rings. The summed E-state index contributed by atoms with van der Waals surface area (Å²) in [5, 5.41) is 22.6. The zero-order valence-corrected chi connectivity index (χ0v) is 66.1. The van der Waals surface area contributed by atoms with Crippen LogP contribution >= 0.6 is 0 Å². The maximum atomic E-state index is 12.5. The highest BCUT2D eigenvalue weighted by Crippen LogP contribution is 2.39. The van der Waals surface area contributed by atoms with Crippen molar-refractivity contribution in [3.05, 3.63) is 171 Å². The Labute approximate surface area is 669 Å². The molecule has 600 valence electrons. The van der Waals surface area contributed by atoms with Crippen molar-refractivity contribution in [2.24, 2.45) is 27.1 Å². The van der Waals surface area contributed by atoms with E-state index in [1.165, 1.54) is 38.8 Å². The van der Waals surface area contributed by atoms with Crippen LogP contribution in [-0.2, 0) is 32.5 Å². The Morgan fingerprint density at radius 3 is 1.18 bits per heavy atom. The minimum Gasteiger partial charge on any atom is -0.497 e. The molecule has 1 N–H and O–H groups in total. The van der Waals surface area contributed by atoms with E-state index in [2.05, 4.69) is 122 Å². The summed E-state index contributed by atoms with van der Waals surface area (Å²) in [5.41, 5.74) is 17.1. The number of amides is 1. The number of rotatable bonds is 27. The molecule has 0 unspecified atom stereocenters. The van der Waals surface area contributed by atoms with Crippen LogP contribution in [0.25, 0.3) is 66.9 Å². The fourth-order valence-corrected chi connectivity index (χ4v) is 15.3. The second-order valence-corrected chi connectivity index (χ2v) is 29.5. The molecule has 114 heavy (non-hydrogen) atoms. The number of benzene rings is 6. The van der Waals surface area contributed by atoms with E-state index in [0.717, 1.165) is 226 Å². The van der Waals surface area contributed by atoms with Crippen LogP contribution in [0.1, 0.15) is 85.6 Å². The molecule has 9 heterocycles. The van der Waals surface area contributed by atoms with Crippen LogP contribution in [0.2, 0.25) is 0 Å². The lowest BCUT2D eigenvalue weighted by atomic mass is 10.1. The second-order valence-electron chi connectivity index (χ2n) is 29.5. The number of aliphatic hydroxyl groups excluding tert-OH is 1. The first-order valence-electron chi connectivity index (χ1n) is 38.9. The van der Waals surface area contributed by atoms with E-state index in [1.807, 2.05) is 118 Å². The van der Waals surface area contributed by atoms with E-state index < -0.39 is 0 Å². The number of hydrogen-bond acceptors (Lipinski definition) is 22. The third kappa shape index (κ3) is 20.0. The summed E-state index contributed by atoms with van der Waals surface area (Å²) in [6.45, 7) is 15.8. The lowest BCUT2D eigenvalue weighted by Gasteiger charge is -2.36. The highest BCUT2D eigenvalue weighted by Gasteiger charge is 2.35. The van der Waals surface area contributed by atoms with Gasteiger partial charge in [0.05, 0.1) is 130 Å². The Balaban J connectivity index is 0.000000157. The van der Waals surface area contributed by atoms with Gasteiger partial charge >= 0.3 is 0 Å². The fraction of sp³-hybridized carbons (Fsp3) is 0.409. The molecule has 12 aromatic rings. The molecule has 1 aliphatic carbocycles. The van der Waals surface area contributed by atoms with Gasteiger partial charge < -0.3 is 53.3 Å². The average molecular weight is 1550 g/mol. The Morgan fingerprint density at radius 1 is 0.421 bits per heavy atom. The minimum absolute atomic E-state index is 0. The Morgan fingerprint density at radius 2 is 0.798 bits per heavy atom. The maximum Gasteiger partial charge on any atom is 0.225 e. The molecule has 3 aliphatic heterocycles. The molecule has 26 nitrogen and oxygen atoms in total. The molecule has 0 bridgehead atoms. The van der Waals surface area contributed by atoms with Gasteiger partial charge in [0.25, 0.3) is 0 Å². The van der Waals surface area contributed by atoms with Crippen LogP contribution in [0.3, 0.4) is 0 Å². The van der Waals surface area contributed by atoms with E-state index in [4.69, 9.17) is 38.6 Å². The molecule has 6 aromatic carbocycles. The number of aromatic nitrogens is 12. The van der Waals surface area contributed by atoms with Crippen LogP contribution < -0.4 is 38.4 Å². The number of carbonyl (C=O) groups is 1. The van der Waals surface area contributed by atoms with Gasteiger partial charge in [-0.05, 0) is 157 Å². The van der Waals surface area contributed by atoms with Crippen molar-refractivity contribution in [1.29, 1.82) is 0 Å². The van der Waals surface area contributed by atoms with Crippen molar-refractivity contribution in [2.45, 2.75) is 98.8 Å². The zero-order chi connectivity index (χ0) is 77.8. The summed E-state index contributed by atoms with van der Waals surface area (Å²) < 4.78 is 33.2. The molecular formula is C88H111N19O7. The Kier molecular flexibility index (Phi) is 27.4. The molecule has 3 saturated heterocycles. The molecule has 0 radical (unpaired) electrons. The summed E-state index contributed by atoms with van der Waals surface area (Å²) in [7, 11) is 14.0. The topological polar surface area (TPSA) is 237 Å². The third-order valence-electron chi connectivity index (χ3n) is 21.7. The number of likely N-dealkylation sites (tertiary alicyclic amines) is 2. The molecule has 1 amide bonds. The maximum absolute atomic E-state index is 12.5. The number of piperazine rings is 1. The zero-order valence-electron chi connectivity index (χ0n) is 66.1. The molecule has 26 heteroatoms. The van der Waals surface area contributed by atoms with Gasteiger partial charge in [-0.15, -0.1) is 0 Å². The standard InChI is InChI=1S/C30H35N7O3.C29H36N6O2.C27H32N6O2.2CH4/c1-34-20-22(18-32-34)29-19-31-27-7-6-23(16-28(27)33-29)37(24-14-25(39-2)17-26(15-24)40-3)13-10-35-8-11-36(12-9-35)30(38)21-4-5-21;1-20-7-8-21(2)34(20)11-6-12-35(24-13-25(36-4)16-26(14-24)37-5)23-9-10-27-28(15-23)32-29(18-30-27)22-17-31-33(3)19-22;1-31-18-21(16-29-31)27-17-28-25-7-6-22(15-26(25)30-27)33(11-5-10-32-8-3-4-9-32)23-12-20(19-34)13-24(14-23)35-2;;/h6-7,14-21H,4-5,8-13H2,1-3H3;9-10,13-21H,6-8,11-12H2,1-5H3;6-7,12-18,34H,3-5,8-11,19H2,1-2H3;2*1H4/t;20-,21-;;;/m.0.../s1. The molecular weight excluding hydrogens is 1440 g/mol. The Bertz CT molecular complexity index is 5110. The van der Waals surface area contributed by atoms with Gasteiger partial charge in [0.2, 0.25) is 5.91 Å². The molecule has 4 fully saturated rings. The first-order chi connectivity index (χ1) is 54.6. The number of carbonyl (C=O) groups excluding carboxylic acids is 1. The number of anilines is 6. The number of methoxy groups -OCH3 is 5. The SMILES string of the molecule is C.C.COc1cc(CO)cc(N(CCCN2CCCC2)c2ccc3ncc(-c4cnn(C)c4)nc3c2)c1.COc1cc(OC)cc(N(CCCN2[C@@H](C)CC[C@@H]2C)c2ccc3ncc(-c4cnn(C)c4)nc3c2)c1.COc1cc(OC)cc(N(CCN2CCN(C(=O)C3CC3)CC2)c2ccc3ncc(-c4cnn(C)c4)nc3c2)c1. The number of hydrogen-bond donors (Lipinski definition) is 1. The summed E-state index contributed by atoms with van der Waals surface area (Å²) in [6, 6.07) is 37.8. The molecule has 6 aromatic heterocycles. The normalized spacial score (nSPS) is 15.7. The van der Waals surface area contributed by atoms with Crippen LogP contribution in [0, 0.1) is 5.92 Å². The molecule has 1 saturated carbocycles. The summed E-state index contributed by atoms with van der Waals surface area (Å²) >= 11 is 0. The molecule has 2 atom stereocenters. The number of nitrogens with zero attached hydrogens (tertiary/aromatic N) is 19. The first kappa shape index (κ1) is 82.1. The second kappa shape index (κ2) is 38.0. The number of ether oxygens (including phenoxy) is 5. The molecule has 0 spiro atoms.